The third-order valence-electron chi connectivity index (χ3n) is 4.49. The van der Waals surface area contributed by atoms with E-state index in [0.29, 0.717) is 33.1 Å². The minimum absolute atomic E-state index is 0.276. The van der Waals surface area contributed by atoms with E-state index in [4.69, 9.17) is 10.3 Å². The first kappa shape index (κ1) is 23.3. The Morgan fingerprint density at radius 2 is 1.69 bits per heavy atom. The second-order valence-corrected chi connectivity index (χ2v) is 9.49. The Morgan fingerprint density at radius 3 is 2.34 bits per heavy atom. The van der Waals surface area contributed by atoms with E-state index in [2.05, 4.69) is 10.2 Å². The van der Waals surface area contributed by atoms with Gasteiger partial charge in [0.15, 0.2) is 0 Å². The maximum atomic E-state index is 11.5. The van der Waals surface area contributed by atoms with Gasteiger partial charge in [0.25, 0.3) is 20.2 Å². The van der Waals surface area contributed by atoms with Crippen molar-refractivity contribution in [3.63, 3.8) is 0 Å². The normalized spacial score (nSPS) is 13.4. The number of benzene rings is 3. The summed E-state index contributed by atoms with van der Waals surface area (Å²) in [5.74, 6) is 0. The van der Waals surface area contributed by atoms with Gasteiger partial charge in [0.1, 0.15) is 0 Å². The average molecular weight is 474 g/mol. The highest BCUT2D eigenvalue weighted by molar-refractivity contribution is 7.88. The Labute approximate surface area is 185 Å². The van der Waals surface area contributed by atoms with E-state index >= 15 is 0 Å². The number of hydrogen-bond acceptors (Lipinski definition) is 7. The lowest BCUT2D eigenvalue weighted by molar-refractivity contribution is 0.483. The molecule has 0 bridgehead atoms. The van der Waals surface area contributed by atoms with E-state index in [1.54, 1.807) is 24.3 Å². The van der Waals surface area contributed by atoms with Crippen LogP contribution in [0.4, 0.5) is 11.4 Å². The second kappa shape index (κ2) is 9.01. The van der Waals surface area contributed by atoms with Crippen molar-refractivity contribution in [1.29, 1.82) is 0 Å². The number of rotatable bonds is 6. The molecule has 0 heterocycles. The van der Waals surface area contributed by atoms with E-state index in [0.717, 1.165) is 11.6 Å². The van der Waals surface area contributed by atoms with Crippen molar-refractivity contribution >= 4 is 48.1 Å². The van der Waals surface area contributed by atoms with E-state index in [9.17, 15) is 21.4 Å². The van der Waals surface area contributed by atoms with Crippen LogP contribution < -0.4 is 5.73 Å². The summed E-state index contributed by atoms with van der Waals surface area (Å²) >= 11 is 0. The SMILES string of the molecule is Cc1ccccc1/C(=C\C=C\S(=O)(=O)O)N=Nc1ccc(N)c2ccc(S(=O)(=O)O)cc12. The van der Waals surface area contributed by atoms with Crippen LogP contribution in [0.2, 0.25) is 0 Å². The second-order valence-electron chi connectivity index (χ2n) is 6.77. The van der Waals surface area contributed by atoms with Gasteiger partial charge >= 0.3 is 0 Å². The van der Waals surface area contributed by atoms with Gasteiger partial charge in [-0.2, -0.15) is 16.8 Å². The van der Waals surface area contributed by atoms with Crippen molar-refractivity contribution in [3.8, 4) is 0 Å². The molecule has 3 aromatic carbocycles. The topological polar surface area (TPSA) is 159 Å². The highest BCUT2D eigenvalue weighted by Crippen LogP contribution is 2.33. The van der Waals surface area contributed by atoms with Gasteiger partial charge < -0.3 is 5.73 Å². The van der Waals surface area contributed by atoms with Gasteiger partial charge in [-0.15, -0.1) is 10.2 Å². The standard InChI is InChI=1S/C21H19N3O6S2/c1-14-5-2-3-6-16(14)20(7-4-12-31(25,26)27)23-24-21-11-10-19(22)17-9-8-15(13-18(17)21)32(28,29)30/h2-13H,22H2,1H3,(H,25,26,27)(H,28,29,30)/b12-4+,20-7+,24-23?. The Balaban J connectivity index is 2.16. The first-order valence-corrected chi connectivity index (χ1v) is 12.0. The number of fused-ring (bicyclic) bond motifs is 1. The van der Waals surface area contributed by atoms with Crippen LogP contribution in [0.5, 0.6) is 0 Å². The van der Waals surface area contributed by atoms with Crippen molar-refractivity contribution in [1.82, 2.24) is 0 Å². The zero-order chi connectivity index (χ0) is 23.5. The molecule has 3 aromatic rings. The molecule has 0 amide bonds. The summed E-state index contributed by atoms with van der Waals surface area (Å²) < 4.78 is 63.4. The fourth-order valence-corrected chi connectivity index (χ4v) is 3.74. The summed E-state index contributed by atoms with van der Waals surface area (Å²) in [6.45, 7) is 1.84. The fraction of sp³-hybridized carbons (Fsp3) is 0.0476. The van der Waals surface area contributed by atoms with Crippen molar-refractivity contribution in [2.45, 2.75) is 11.8 Å². The molecule has 0 fully saturated rings. The van der Waals surface area contributed by atoms with Crippen LogP contribution in [-0.4, -0.2) is 25.9 Å². The molecule has 3 rings (SSSR count). The number of nitrogen functional groups attached to an aromatic ring is 1. The molecule has 0 radical (unpaired) electrons. The Kier molecular flexibility index (Phi) is 6.55. The highest BCUT2D eigenvalue weighted by Gasteiger charge is 2.13. The molecule has 11 heteroatoms. The lowest BCUT2D eigenvalue weighted by atomic mass is 10.1. The molecule has 0 aromatic heterocycles. The molecule has 0 aliphatic heterocycles. The lowest BCUT2D eigenvalue weighted by Crippen LogP contribution is -1.98. The molecule has 9 nitrogen and oxygen atoms in total. The number of nitrogens with two attached hydrogens (primary N) is 1. The van der Waals surface area contributed by atoms with Gasteiger partial charge in [-0.05, 0) is 48.9 Å². The third-order valence-corrected chi connectivity index (χ3v) is 5.84. The predicted octanol–water partition coefficient (Wildman–Crippen LogP) is 4.50. The summed E-state index contributed by atoms with van der Waals surface area (Å²) in [7, 11) is -8.77. The molecule has 0 aliphatic rings. The fourth-order valence-electron chi connectivity index (χ4n) is 2.96. The Hall–Kier alpha value is -3.38. The van der Waals surface area contributed by atoms with Gasteiger partial charge in [-0.3, -0.25) is 9.11 Å². The maximum absolute atomic E-state index is 11.5. The van der Waals surface area contributed by atoms with E-state index < -0.39 is 20.2 Å². The zero-order valence-corrected chi connectivity index (χ0v) is 18.4. The van der Waals surface area contributed by atoms with Crippen LogP contribution in [0.25, 0.3) is 16.5 Å². The summed E-state index contributed by atoms with van der Waals surface area (Å²) in [6, 6.07) is 14.2. The molecule has 0 saturated heterocycles. The molecule has 0 aliphatic carbocycles. The van der Waals surface area contributed by atoms with Crippen molar-refractivity contribution in [2.75, 3.05) is 5.73 Å². The number of nitrogens with zero attached hydrogens (tertiary/aromatic N) is 2. The molecular weight excluding hydrogens is 454 g/mol. The monoisotopic (exact) mass is 473 g/mol. The Morgan fingerprint density at radius 1 is 0.969 bits per heavy atom. The molecule has 0 spiro atoms. The summed E-state index contributed by atoms with van der Waals surface area (Å²) in [4.78, 5) is -0.321. The van der Waals surface area contributed by atoms with Crippen LogP contribution >= 0.6 is 0 Å². The van der Waals surface area contributed by atoms with Crippen LogP contribution in [0.15, 0.2) is 87.3 Å². The van der Waals surface area contributed by atoms with Crippen molar-refractivity contribution in [3.05, 3.63) is 83.3 Å². The third kappa shape index (κ3) is 5.65. The summed E-state index contributed by atoms with van der Waals surface area (Å²) in [5.41, 5.74) is 8.42. The van der Waals surface area contributed by atoms with Gasteiger partial charge in [-0.25, -0.2) is 0 Å². The van der Waals surface area contributed by atoms with Gasteiger partial charge in [0, 0.05) is 22.0 Å². The Bertz CT molecular complexity index is 1490. The number of hydrogen-bond donors (Lipinski definition) is 3. The molecule has 0 saturated carbocycles. The quantitative estimate of drug-likeness (QED) is 0.205. The first-order chi connectivity index (χ1) is 15.0. The van der Waals surface area contributed by atoms with Crippen molar-refractivity contribution < 1.29 is 25.9 Å². The van der Waals surface area contributed by atoms with Gasteiger partial charge in [0.05, 0.1) is 21.7 Å². The molecule has 0 atom stereocenters. The van der Waals surface area contributed by atoms with Crippen LogP contribution in [0.3, 0.4) is 0 Å². The van der Waals surface area contributed by atoms with E-state index in [1.165, 1.54) is 24.3 Å². The van der Waals surface area contributed by atoms with Crippen LogP contribution in [-0.2, 0) is 20.2 Å². The maximum Gasteiger partial charge on any atom is 0.294 e. The smallest absolute Gasteiger partial charge is 0.294 e. The molecule has 4 N–H and O–H groups in total. The number of anilines is 1. The molecule has 32 heavy (non-hydrogen) atoms. The zero-order valence-electron chi connectivity index (χ0n) is 16.7. The van der Waals surface area contributed by atoms with Crippen LogP contribution in [0, 0.1) is 6.92 Å². The van der Waals surface area contributed by atoms with Crippen LogP contribution in [0.1, 0.15) is 11.1 Å². The van der Waals surface area contributed by atoms with Crippen molar-refractivity contribution in [2.24, 2.45) is 10.2 Å². The largest absolute Gasteiger partial charge is 0.398 e. The number of allylic oxidation sites excluding steroid dienone is 2. The number of aryl methyl sites for hydroxylation is 1. The molecule has 166 valence electrons. The first-order valence-electron chi connectivity index (χ1n) is 9.09. The molecule has 0 unspecified atom stereocenters. The van der Waals surface area contributed by atoms with Gasteiger partial charge in [-0.1, -0.05) is 30.3 Å². The summed E-state index contributed by atoms with van der Waals surface area (Å²) in [5, 5.41) is 9.91. The summed E-state index contributed by atoms with van der Waals surface area (Å²) in [6.07, 6.45) is 2.48. The van der Waals surface area contributed by atoms with E-state index in [1.807, 2.05) is 19.1 Å². The molecular formula is C21H19N3O6S2. The minimum Gasteiger partial charge on any atom is -0.398 e. The predicted molar refractivity (Wildman–Crippen MR) is 123 cm³/mol. The number of azo groups is 1. The lowest BCUT2D eigenvalue weighted by Gasteiger charge is -2.08. The minimum atomic E-state index is -4.44. The highest BCUT2D eigenvalue weighted by atomic mass is 32.2. The van der Waals surface area contributed by atoms with E-state index in [-0.39, 0.29) is 10.6 Å². The van der Waals surface area contributed by atoms with Gasteiger partial charge in [0.2, 0.25) is 0 Å². The average Bonchev–Trinajstić information content (AvgIpc) is 2.70.